The third kappa shape index (κ3) is 19.8. The van der Waals surface area contributed by atoms with Crippen LogP contribution < -0.4 is 31.7 Å². The Morgan fingerprint density at radius 2 is 1.68 bits per heavy atom. The summed E-state index contributed by atoms with van der Waals surface area (Å²) in [5, 5.41) is 29.8. The van der Waals surface area contributed by atoms with Crippen LogP contribution in [-0.2, 0) is 44.8 Å². The molecule has 5 amide bonds. The second kappa shape index (κ2) is 24.7. The molecule has 2 rings (SSSR count). The molecule has 1 aromatic rings. The number of carbonyl (C=O) groups is 6. The highest BCUT2D eigenvalue weighted by Gasteiger charge is 2.34. The number of hydrogen-bond donors (Lipinski definition) is 7. The van der Waals surface area contributed by atoms with Gasteiger partial charge < -0.3 is 56.2 Å². The van der Waals surface area contributed by atoms with Crippen LogP contribution in [0.2, 0.25) is 0 Å². The minimum Gasteiger partial charge on any atom is -0.479 e. The quantitative estimate of drug-likeness (QED) is 0.0749. The number of aliphatic hydroxyl groups is 1. The fourth-order valence-corrected chi connectivity index (χ4v) is 4.50. The maximum Gasteiger partial charge on any atom is 0.333 e. The Labute approximate surface area is 311 Å². The van der Waals surface area contributed by atoms with Crippen LogP contribution in [0.1, 0.15) is 86.1 Å². The number of anilines is 1. The van der Waals surface area contributed by atoms with Gasteiger partial charge in [0, 0.05) is 32.4 Å². The molecule has 300 valence electrons. The van der Waals surface area contributed by atoms with Crippen molar-refractivity contribution in [3.63, 3.8) is 0 Å². The lowest BCUT2D eigenvalue weighted by molar-refractivity contribution is -0.195. The summed E-state index contributed by atoms with van der Waals surface area (Å²) in [6.45, 7) is 14.0. The van der Waals surface area contributed by atoms with Gasteiger partial charge in [0.2, 0.25) is 24.0 Å². The molecule has 1 aliphatic rings. The van der Waals surface area contributed by atoms with Gasteiger partial charge in [-0.2, -0.15) is 0 Å². The highest BCUT2D eigenvalue weighted by atomic mass is 16.7. The maximum absolute atomic E-state index is 12.9. The lowest BCUT2D eigenvalue weighted by Crippen LogP contribution is -2.51. The van der Waals surface area contributed by atoms with Crippen molar-refractivity contribution < 1.29 is 57.9 Å². The molecule has 1 fully saturated rings. The van der Waals surface area contributed by atoms with E-state index in [9.17, 15) is 39.0 Å². The van der Waals surface area contributed by atoms with E-state index in [-0.39, 0.29) is 61.7 Å². The minimum atomic E-state index is -1.29. The molecule has 0 aromatic heterocycles. The molecule has 0 bridgehead atoms. The fraction of sp³-hybridized carbons (Fsp3) is 0.667. The van der Waals surface area contributed by atoms with Crippen LogP contribution in [-0.4, -0.2) is 96.7 Å². The number of urea groups is 1. The van der Waals surface area contributed by atoms with Crippen LogP contribution in [0.4, 0.5) is 10.5 Å². The normalized spacial score (nSPS) is 17.2. The van der Waals surface area contributed by atoms with Crippen LogP contribution in [0.25, 0.3) is 0 Å². The summed E-state index contributed by atoms with van der Waals surface area (Å²) in [5.74, 6) is -3.20. The van der Waals surface area contributed by atoms with Crippen molar-refractivity contribution in [1.82, 2.24) is 16.0 Å². The van der Waals surface area contributed by atoms with E-state index in [1.54, 1.807) is 33.8 Å². The van der Waals surface area contributed by atoms with E-state index < -0.39 is 60.9 Å². The molecule has 0 saturated carbocycles. The molecular weight excluding hydrogens is 694 g/mol. The van der Waals surface area contributed by atoms with Crippen molar-refractivity contribution in [2.75, 3.05) is 31.6 Å². The number of esters is 1. The molecule has 17 heteroatoms. The van der Waals surface area contributed by atoms with Gasteiger partial charge >= 0.3 is 18.0 Å². The predicted octanol–water partition coefficient (Wildman–Crippen LogP) is 2.43. The molecule has 8 N–H and O–H groups in total. The standard InChI is InChI=1S/C32H49N3O11.C4H10N2O/c1-18(2)9-11-43-12-10-26(37)35-29(19(3)4)30(39)33-16-27(38)34-23-8-7-21(17-44-32(42)20(5)6)13-24(23)45-28-15-22(36)14-25(46-28)31(40)41;1-2-3-6-4(5)7/h7-8,13,18-20,22,25,28-29,36H,9-12,14-17H2,1-6H3,(H,33,39)(H,34,38)(H,35,37)(H,40,41);2-3H2,1H3,(H3,5,6,7). The average molecular weight is 754 g/mol. The molecule has 0 radical (unpaired) electrons. The number of aliphatic hydroxyl groups excluding tert-OH is 1. The summed E-state index contributed by atoms with van der Waals surface area (Å²) in [6.07, 6.45) is -1.64. The van der Waals surface area contributed by atoms with Crippen LogP contribution >= 0.6 is 0 Å². The molecule has 17 nitrogen and oxygen atoms in total. The number of rotatable bonds is 20. The average Bonchev–Trinajstić information content (AvgIpc) is 3.08. The van der Waals surface area contributed by atoms with Gasteiger partial charge in [-0.1, -0.05) is 54.5 Å². The molecule has 0 spiro atoms. The first-order valence-corrected chi connectivity index (χ1v) is 17.9. The highest BCUT2D eigenvalue weighted by molar-refractivity contribution is 5.97. The number of ether oxygens (including phenoxy) is 4. The van der Waals surface area contributed by atoms with Gasteiger partial charge in [0.1, 0.15) is 18.4 Å². The Kier molecular flexibility index (Phi) is 21.7. The van der Waals surface area contributed by atoms with E-state index in [1.807, 2.05) is 6.92 Å². The molecule has 1 heterocycles. The van der Waals surface area contributed by atoms with Crippen molar-refractivity contribution >= 4 is 41.4 Å². The number of nitrogens with one attached hydrogen (secondary N) is 4. The summed E-state index contributed by atoms with van der Waals surface area (Å²) in [6, 6.07) is 3.28. The second-order valence-corrected chi connectivity index (χ2v) is 13.6. The predicted molar refractivity (Wildman–Crippen MR) is 194 cm³/mol. The molecule has 1 saturated heterocycles. The zero-order valence-electron chi connectivity index (χ0n) is 31.9. The number of benzene rings is 1. The van der Waals surface area contributed by atoms with Gasteiger partial charge in [-0.15, -0.1) is 0 Å². The Balaban J connectivity index is 0.00000181. The lowest BCUT2D eigenvalue weighted by atomic mass is 10.0. The molecule has 1 aromatic carbocycles. The van der Waals surface area contributed by atoms with Crippen molar-refractivity contribution in [2.45, 2.75) is 112 Å². The smallest absolute Gasteiger partial charge is 0.333 e. The molecule has 1 aliphatic heterocycles. The molecule has 0 aliphatic carbocycles. The number of hydrogen-bond acceptors (Lipinski definition) is 11. The first-order chi connectivity index (χ1) is 24.9. The Hall–Kier alpha value is -4.48. The van der Waals surface area contributed by atoms with Crippen LogP contribution in [0.3, 0.4) is 0 Å². The number of nitrogens with two attached hydrogens (primary N) is 1. The fourth-order valence-electron chi connectivity index (χ4n) is 4.50. The van der Waals surface area contributed by atoms with E-state index in [2.05, 4.69) is 35.1 Å². The van der Waals surface area contributed by atoms with Crippen LogP contribution in [0.15, 0.2) is 18.2 Å². The summed E-state index contributed by atoms with van der Waals surface area (Å²) in [4.78, 5) is 71.5. The van der Waals surface area contributed by atoms with E-state index in [0.717, 1.165) is 12.8 Å². The zero-order chi connectivity index (χ0) is 40.1. The topological polar surface area (TPSA) is 254 Å². The zero-order valence-corrected chi connectivity index (χ0v) is 31.9. The van der Waals surface area contributed by atoms with Crippen LogP contribution in [0.5, 0.6) is 5.75 Å². The van der Waals surface area contributed by atoms with E-state index >= 15 is 0 Å². The summed E-state index contributed by atoms with van der Waals surface area (Å²) in [7, 11) is 0. The summed E-state index contributed by atoms with van der Waals surface area (Å²) in [5.41, 5.74) is 5.41. The third-order valence-electron chi connectivity index (χ3n) is 7.52. The van der Waals surface area contributed by atoms with Crippen molar-refractivity contribution in [1.29, 1.82) is 0 Å². The monoisotopic (exact) mass is 753 g/mol. The third-order valence-corrected chi connectivity index (χ3v) is 7.52. The number of aliphatic carboxylic acids is 1. The lowest BCUT2D eigenvalue weighted by Gasteiger charge is -2.31. The van der Waals surface area contributed by atoms with Gasteiger partial charge in [0.05, 0.1) is 30.9 Å². The van der Waals surface area contributed by atoms with E-state index in [4.69, 9.17) is 24.7 Å². The van der Waals surface area contributed by atoms with Gasteiger partial charge in [-0.25, -0.2) is 9.59 Å². The van der Waals surface area contributed by atoms with Crippen molar-refractivity contribution in [3.05, 3.63) is 23.8 Å². The first-order valence-electron chi connectivity index (χ1n) is 17.9. The van der Waals surface area contributed by atoms with Gasteiger partial charge in [0.15, 0.2) is 6.10 Å². The van der Waals surface area contributed by atoms with Crippen molar-refractivity contribution in [3.8, 4) is 5.75 Å². The maximum atomic E-state index is 12.9. The Bertz CT molecular complexity index is 1340. The SMILES string of the molecule is CC(C)CCOCCC(=O)NC(C(=O)NCC(=O)Nc1ccc(COC(=O)C(C)C)cc1OC1CC(O)CC(C(=O)O)O1)C(C)C.CCCNC(N)=O. The minimum absolute atomic E-state index is 0.0217. The first kappa shape index (κ1) is 46.5. The van der Waals surface area contributed by atoms with E-state index in [0.29, 0.717) is 24.6 Å². The number of primary amides is 1. The Morgan fingerprint density at radius 3 is 2.25 bits per heavy atom. The number of carboxylic acids is 1. The summed E-state index contributed by atoms with van der Waals surface area (Å²) < 4.78 is 22.1. The summed E-state index contributed by atoms with van der Waals surface area (Å²) >= 11 is 0. The largest absolute Gasteiger partial charge is 0.479 e. The molecule has 53 heavy (non-hydrogen) atoms. The second-order valence-electron chi connectivity index (χ2n) is 13.6. The molecular formula is C36H59N5O12. The number of carbonyl (C=O) groups excluding carboxylic acids is 5. The van der Waals surface area contributed by atoms with Gasteiger partial charge in [0.25, 0.3) is 0 Å². The molecule has 4 unspecified atom stereocenters. The number of carboxylic acid groups (broad SMARTS) is 1. The van der Waals surface area contributed by atoms with Gasteiger partial charge in [-0.3, -0.25) is 19.2 Å². The number of amides is 5. The van der Waals surface area contributed by atoms with Crippen molar-refractivity contribution in [2.24, 2.45) is 23.5 Å². The van der Waals surface area contributed by atoms with E-state index in [1.165, 1.54) is 12.1 Å². The van der Waals surface area contributed by atoms with Gasteiger partial charge in [-0.05, 0) is 42.4 Å². The highest BCUT2D eigenvalue weighted by Crippen LogP contribution is 2.31. The van der Waals surface area contributed by atoms with Crippen LogP contribution in [0, 0.1) is 17.8 Å². The Morgan fingerprint density at radius 1 is 0.981 bits per heavy atom. The molecule has 4 atom stereocenters.